The molecular weight excluding hydrogens is 367 g/mol. The second-order valence-electron chi connectivity index (χ2n) is 7.43. The molecule has 1 saturated heterocycles. The van der Waals surface area contributed by atoms with Crippen molar-refractivity contribution >= 4 is 11.6 Å². The van der Waals surface area contributed by atoms with E-state index in [2.05, 4.69) is 19.8 Å². The minimum atomic E-state index is -4.33. The Morgan fingerprint density at radius 2 is 1.82 bits per heavy atom. The highest BCUT2D eigenvalue weighted by molar-refractivity contribution is 5.49. The highest BCUT2D eigenvalue weighted by atomic mass is 19.4. The summed E-state index contributed by atoms with van der Waals surface area (Å²) in [5, 5.41) is 0. The predicted octanol–water partition coefficient (Wildman–Crippen LogP) is 3.66. The molecule has 28 heavy (non-hydrogen) atoms. The van der Waals surface area contributed by atoms with Gasteiger partial charge in [-0.1, -0.05) is 18.2 Å². The number of rotatable bonds is 5. The van der Waals surface area contributed by atoms with Gasteiger partial charge >= 0.3 is 6.18 Å². The number of hydrogen-bond donors (Lipinski definition) is 0. The molecule has 0 bridgehead atoms. The summed E-state index contributed by atoms with van der Waals surface area (Å²) in [6, 6.07) is 7.96. The van der Waals surface area contributed by atoms with Crippen LogP contribution in [-0.2, 0) is 12.7 Å². The van der Waals surface area contributed by atoms with Crippen molar-refractivity contribution in [1.29, 1.82) is 0 Å². The number of aromatic nitrogens is 2. The summed E-state index contributed by atoms with van der Waals surface area (Å²) in [6.07, 6.45) is -0.864. The number of benzene rings is 1. The number of piperidine rings is 1. The van der Waals surface area contributed by atoms with Gasteiger partial charge in [0.25, 0.3) is 0 Å². The number of nitrogens with zero attached hydrogens (tertiary/aromatic N) is 5. The summed E-state index contributed by atoms with van der Waals surface area (Å²) >= 11 is 0. The Labute approximate surface area is 163 Å². The molecule has 0 radical (unpaired) electrons. The second-order valence-corrected chi connectivity index (χ2v) is 7.43. The second kappa shape index (κ2) is 8.34. The highest BCUT2D eigenvalue weighted by Gasteiger charge is 2.34. The Morgan fingerprint density at radius 1 is 1.11 bits per heavy atom. The molecule has 3 rings (SSSR count). The van der Waals surface area contributed by atoms with Gasteiger partial charge in [-0.2, -0.15) is 13.2 Å². The third-order valence-corrected chi connectivity index (χ3v) is 5.20. The lowest BCUT2D eigenvalue weighted by atomic mass is 10.0. The van der Waals surface area contributed by atoms with Gasteiger partial charge in [-0.3, -0.25) is 4.90 Å². The lowest BCUT2D eigenvalue weighted by Gasteiger charge is -2.38. The number of halogens is 3. The summed E-state index contributed by atoms with van der Waals surface area (Å²) in [4.78, 5) is 14.7. The van der Waals surface area contributed by atoms with Crippen LogP contribution < -0.4 is 9.80 Å². The SMILES string of the molecule is CN(C)c1cc(N(C)C2CCCN(Cc3ccccc3C(F)(F)F)C2)ncn1. The van der Waals surface area contributed by atoms with Crippen molar-refractivity contribution in [1.82, 2.24) is 14.9 Å². The number of alkyl halides is 3. The van der Waals surface area contributed by atoms with Crippen LogP contribution in [0.1, 0.15) is 24.0 Å². The molecule has 2 heterocycles. The average Bonchev–Trinajstić information content (AvgIpc) is 2.67. The zero-order valence-corrected chi connectivity index (χ0v) is 16.4. The Bertz CT molecular complexity index is 793. The predicted molar refractivity (Wildman–Crippen MR) is 105 cm³/mol. The van der Waals surface area contributed by atoms with Crippen LogP contribution >= 0.6 is 0 Å². The van der Waals surface area contributed by atoms with Gasteiger partial charge in [0.05, 0.1) is 5.56 Å². The molecule has 0 amide bonds. The molecule has 1 aliphatic rings. The maximum Gasteiger partial charge on any atom is 0.416 e. The minimum absolute atomic E-state index is 0.191. The quantitative estimate of drug-likeness (QED) is 0.775. The largest absolute Gasteiger partial charge is 0.416 e. The van der Waals surface area contributed by atoms with E-state index in [1.165, 1.54) is 6.07 Å². The Hall–Kier alpha value is -2.35. The molecule has 0 saturated carbocycles. The Kier molecular flexibility index (Phi) is 6.07. The fourth-order valence-electron chi connectivity index (χ4n) is 3.63. The number of likely N-dealkylation sites (tertiary alicyclic amines) is 1. The van der Waals surface area contributed by atoms with Crippen LogP contribution in [0.25, 0.3) is 0 Å². The zero-order valence-electron chi connectivity index (χ0n) is 16.4. The first kappa shape index (κ1) is 20.4. The summed E-state index contributed by atoms with van der Waals surface area (Å²) in [5.74, 6) is 1.64. The van der Waals surface area contributed by atoms with E-state index in [0.29, 0.717) is 18.7 Å². The summed E-state index contributed by atoms with van der Waals surface area (Å²) in [7, 11) is 5.83. The van der Waals surface area contributed by atoms with Crippen molar-refractivity contribution in [3.05, 3.63) is 47.8 Å². The summed E-state index contributed by atoms with van der Waals surface area (Å²) in [5.41, 5.74) is -0.216. The molecule has 1 aliphatic heterocycles. The minimum Gasteiger partial charge on any atom is -0.363 e. The monoisotopic (exact) mass is 393 g/mol. The van der Waals surface area contributed by atoms with E-state index < -0.39 is 11.7 Å². The summed E-state index contributed by atoms with van der Waals surface area (Å²) in [6.45, 7) is 1.79. The van der Waals surface area contributed by atoms with Crippen LogP contribution in [0.4, 0.5) is 24.8 Å². The first-order valence-electron chi connectivity index (χ1n) is 9.35. The van der Waals surface area contributed by atoms with E-state index in [9.17, 15) is 13.2 Å². The van der Waals surface area contributed by atoms with E-state index in [0.717, 1.165) is 37.1 Å². The van der Waals surface area contributed by atoms with Crippen LogP contribution in [0.2, 0.25) is 0 Å². The van der Waals surface area contributed by atoms with Crippen molar-refractivity contribution < 1.29 is 13.2 Å². The molecule has 152 valence electrons. The molecule has 1 aromatic heterocycles. The van der Waals surface area contributed by atoms with Crippen LogP contribution in [0.3, 0.4) is 0 Å². The smallest absolute Gasteiger partial charge is 0.363 e. The van der Waals surface area contributed by atoms with Crippen molar-refractivity contribution in [3.63, 3.8) is 0 Å². The Morgan fingerprint density at radius 3 is 2.54 bits per heavy atom. The number of anilines is 2. The zero-order chi connectivity index (χ0) is 20.3. The van der Waals surface area contributed by atoms with E-state index in [1.807, 2.05) is 32.1 Å². The molecule has 1 atom stereocenters. The maximum atomic E-state index is 13.3. The maximum absolute atomic E-state index is 13.3. The van der Waals surface area contributed by atoms with Crippen molar-refractivity contribution in [3.8, 4) is 0 Å². The molecule has 5 nitrogen and oxygen atoms in total. The number of likely N-dealkylation sites (N-methyl/N-ethyl adjacent to an activating group) is 1. The third kappa shape index (κ3) is 4.73. The van der Waals surface area contributed by atoms with E-state index in [1.54, 1.807) is 18.5 Å². The first-order chi connectivity index (χ1) is 13.3. The van der Waals surface area contributed by atoms with Crippen molar-refractivity contribution in [2.75, 3.05) is 44.0 Å². The fourth-order valence-corrected chi connectivity index (χ4v) is 3.63. The van der Waals surface area contributed by atoms with E-state index >= 15 is 0 Å². The topological polar surface area (TPSA) is 35.5 Å². The van der Waals surface area contributed by atoms with Gasteiger partial charge in [0, 0.05) is 46.3 Å². The Balaban J connectivity index is 1.72. The standard InChI is InChI=1S/C20H26F3N5/c1-26(2)18-11-19(25-14-24-18)27(3)16-8-6-10-28(13-16)12-15-7-4-5-9-17(15)20(21,22)23/h4-5,7,9,11,14,16H,6,8,10,12-13H2,1-3H3. The lowest BCUT2D eigenvalue weighted by Crippen LogP contribution is -2.46. The van der Waals surface area contributed by atoms with Gasteiger partial charge in [0.2, 0.25) is 0 Å². The highest BCUT2D eigenvalue weighted by Crippen LogP contribution is 2.33. The van der Waals surface area contributed by atoms with Crippen LogP contribution in [0.15, 0.2) is 36.7 Å². The van der Waals surface area contributed by atoms with Crippen molar-refractivity contribution in [2.45, 2.75) is 31.6 Å². The molecule has 0 N–H and O–H groups in total. The van der Waals surface area contributed by atoms with Crippen LogP contribution in [-0.4, -0.2) is 55.1 Å². The molecule has 1 unspecified atom stereocenters. The molecule has 8 heteroatoms. The average molecular weight is 393 g/mol. The van der Waals surface area contributed by atoms with Gasteiger partial charge < -0.3 is 9.80 Å². The van der Waals surface area contributed by atoms with Gasteiger partial charge in [0.15, 0.2) is 0 Å². The van der Waals surface area contributed by atoms with E-state index in [4.69, 9.17) is 0 Å². The lowest BCUT2D eigenvalue weighted by molar-refractivity contribution is -0.138. The normalized spacial score (nSPS) is 18.1. The first-order valence-corrected chi connectivity index (χ1v) is 9.35. The van der Waals surface area contributed by atoms with Crippen molar-refractivity contribution in [2.24, 2.45) is 0 Å². The molecule has 0 aliphatic carbocycles. The molecule has 2 aromatic rings. The van der Waals surface area contributed by atoms with Gasteiger partial charge in [0.1, 0.15) is 18.0 Å². The third-order valence-electron chi connectivity index (χ3n) is 5.20. The van der Waals surface area contributed by atoms with Gasteiger partial charge in [-0.25, -0.2) is 9.97 Å². The molecular formula is C20H26F3N5. The molecule has 0 spiro atoms. The van der Waals surface area contributed by atoms with Gasteiger partial charge in [-0.05, 0) is 31.0 Å². The van der Waals surface area contributed by atoms with Gasteiger partial charge in [-0.15, -0.1) is 0 Å². The summed E-state index contributed by atoms with van der Waals surface area (Å²) < 4.78 is 39.9. The molecule has 1 aromatic carbocycles. The number of hydrogen-bond acceptors (Lipinski definition) is 5. The van der Waals surface area contributed by atoms with E-state index in [-0.39, 0.29) is 6.04 Å². The van der Waals surface area contributed by atoms with Crippen LogP contribution in [0, 0.1) is 0 Å². The molecule has 1 fully saturated rings. The fraction of sp³-hybridized carbons (Fsp3) is 0.500. The van der Waals surface area contributed by atoms with Crippen LogP contribution in [0.5, 0.6) is 0 Å².